The maximum absolute atomic E-state index is 10.2. The van der Waals surface area contributed by atoms with Crippen LogP contribution in [0, 0.1) is 0 Å². The molecule has 0 aliphatic heterocycles. The van der Waals surface area contributed by atoms with Crippen molar-refractivity contribution in [2.75, 3.05) is 5.75 Å². The molecular weight excluding hydrogens is 288 g/mol. The first kappa shape index (κ1) is 19.1. The molecule has 0 saturated carbocycles. The highest BCUT2D eigenvalue weighted by Gasteiger charge is 2.07. The summed E-state index contributed by atoms with van der Waals surface area (Å²) >= 11 is 0. The summed E-state index contributed by atoms with van der Waals surface area (Å²) in [6, 6.07) is 0. The van der Waals surface area contributed by atoms with Crippen LogP contribution in [0.3, 0.4) is 0 Å². The summed E-state index contributed by atoms with van der Waals surface area (Å²) < 4.78 is 55.1. The van der Waals surface area contributed by atoms with E-state index in [-0.39, 0.29) is 18.4 Å². The molecule has 0 atom stereocenters. The van der Waals surface area contributed by atoms with Gasteiger partial charge in [0.2, 0.25) is 0 Å². The third-order valence-corrected chi connectivity index (χ3v) is 2.62. The standard InChI is InChI=1S/C6H10O5S.C2H4O3S/c1-5(6(7)8)3-2-4-12(9,10)11;1-2-6(3,4)5/h1-4H2,(H,7,8)(H,9,10,11);2H,1H2,(H,3,4,5). The first-order valence-corrected chi connectivity index (χ1v) is 7.46. The largest absolute Gasteiger partial charge is 0.478 e. The lowest BCUT2D eigenvalue weighted by molar-refractivity contribution is -0.132. The van der Waals surface area contributed by atoms with E-state index in [4.69, 9.17) is 14.2 Å². The molecule has 0 aromatic carbocycles. The van der Waals surface area contributed by atoms with Crippen LogP contribution in [0.25, 0.3) is 0 Å². The molecule has 0 spiro atoms. The van der Waals surface area contributed by atoms with Gasteiger partial charge in [-0.25, -0.2) is 4.79 Å². The number of aliphatic carboxylic acids is 1. The van der Waals surface area contributed by atoms with Crippen LogP contribution < -0.4 is 0 Å². The second-order valence-corrected chi connectivity index (χ2v) is 5.92. The Morgan fingerprint density at radius 3 is 1.78 bits per heavy atom. The van der Waals surface area contributed by atoms with Crippen molar-refractivity contribution in [1.29, 1.82) is 0 Å². The van der Waals surface area contributed by atoms with Crippen LogP contribution in [-0.4, -0.2) is 42.8 Å². The second kappa shape index (κ2) is 7.97. The van der Waals surface area contributed by atoms with Gasteiger partial charge in [0.25, 0.3) is 20.2 Å². The van der Waals surface area contributed by atoms with Gasteiger partial charge in [-0.15, -0.1) is 0 Å². The average Bonchev–Trinajstić information content (AvgIpc) is 2.15. The van der Waals surface area contributed by atoms with Crippen molar-refractivity contribution in [1.82, 2.24) is 0 Å². The molecule has 10 heteroatoms. The molecule has 0 radical (unpaired) electrons. The van der Waals surface area contributed by atoms with Crippen LogP contribution in [-0.2, 0) is 25.0 Å². The van der Waals surface area contributed by atoms with E-state index in [0.717, 1.165) is 0 Å². The molecule has 0 aromatic rings. The number of carbonyl (C=O) groups is 1. The number of carboxylic acids is 1. The summed E-state index contributed by atoms with van der Waals surface area (Å²) in [5.41, 5.74) is -0.0568. The zero-order valence-corrected chi connectivity index (χ0v) is 10.9. The molecule has 0 saturated heterocycles. The first-order valence-electron chi connectivity index (χ1n) is 4.35. The van der Waals surface area contributed by atoms with Gasteiger partial charge < -0.3 is 5.11 Å². The molecule has 8 nitrogen and oxygen atoms in total. The molecule has 3 N–H and O–H groups in total. The number of hydrogen-bond donors (Lipinski definition) is 3. The Morgan fingerprint density at radius 1 is 1.17 bits per heavy atom. The van der Waals surface area contributed by atoms with Crippen molar-refractivity contribution < 1.29 is 35.8 Å². The highest BCUT2D eigenvalue weighted by molar-refractivity contribution is 7.88. The summed E-state index contributed by atoms with van der Waals surface area (Å²) in [5.74, 6) is -1.58. The van der Waals surface area contributed by atoms with E-state index in [0.29, 0.717) is 5.41 Å². The predicted octanol–water partition coefficient (Wildman–Crippen LogP) is 0.313. The van der Waals surface area contributed by atoms with E-state index >= 15 is 0 Å². The minimum atomic E-state index is -3.98. The second-order valence-electron chi connectivity index (χ2n) is 2.98. The van der Waals surface area contributed by atoms with Gasteiger partial charge in [0.05, 0.1) is 11.2 Å². The molecule has 0 aliphatic carbocycles. The fourth-order valence-corrected chi connectivity index (χ4v) is 1.08. The van der Waals surface area contributed by atoms with Crippen LogP contribution in [0.2, 0.25) is 0 Å². The van der Waals surface area contributed by atoms with Crippen LogP contribution in [0.1, 0.15) is 12.8 Å². The highest BCUT2D eigenvalue weighted by Crippen LogP contribution is 2.03. The summed E-state index contributed by atoms with van der Waals surface area (Å²) in [6.45, 7) is 5.99. The minimum absolute atomic E-state index is 0.0568. The Morgan fingerprint density at radius 2 is 1.56 bits per heavy atom. The molecule has 106 valence electrons. The third kappa shape index (κ3) is 17.2. The summed E-state index contributed by atoms with van der Waals surface area (Å²) in [7, 11) is -7.88. The van der Waals surface area contributed by atoms with Gasteiger partial charge in [-0.05, 0) is 12.8 Å². The average molecular weight is 302 g/mol. The molecule has 0 aliphatic rings. The van der Waals surface area contributed by atoms with Crippen LogP contribution in [0.5, 0.6) is 0 Å². The fraction of sp³-hybridized carbons (Fsp3) is 0.375. The molecule has 0 fully saturated rings. The van der Waals surface area contributed by atoms with Gasteiger partial charge in [-0.1, -0.05) is 13.2 Å². The Kier molecular flexibility index (Phi) is 8.47. The third-order valence-electron chi connectivity index (χ3n) is 1.39. The van der Waals surface area contributed by atoms with Crippen LogP contribution in [0.15, 0.2) is 24.1 Å². The Hall–Kier alpha value is -1.23. The van der Waals surface area contributed by atoms with Gasteiger partial charge in [0, 0.05) is 5.57 Å². The number of hydrogen-bond acceptors (Lipinski definition) is 5. The predicted molar refractivity (Wildman–Crippen MR) is 64.2 cm³/mol. The van der Waals surface area contributed by atoms with Gasteiger partial charge in [-0.3, -0.25) is 9.11 Å². The van der Waals surface area contributed by atoms with E-state index in [2.05, 4.69) is 13.2 Å². The smallest absolute Gasteiger partial charge is 0.330 e. The molecule has 0 amide bonds. The van der Waals surface area contributed by atoms with Crippen molar-refractivity contribution in [2.24, 2.45) is 0 Å². The van der Waals surface area contributed by atoms with Crippen LogP contribution in [0.4, 0.5) is 0 Å². The van der Waals surface area contributed by atoms with Gasteiger partial charge in [0.15, 0.2) is 0 Å². The quantitative estimate of drug-likeness (QED) is 0.469. The minimum Gasteiger partial charge on any atom is -0.478 e. The topological polar surface area (TPSA) is 146 Å². The van der Waals surface area contributed by atoms with Gasteiger partial charge >= 0.3 is 5.97 Å². The fourth-order valence-electron chi connectivity index (χ4n) is 0.575. The van der Waals surface area contributed by atoms with Crippen LogP contribution >= 0.6 is 0 Å². The maximum atomic E-state index is 10.2. The lowest BCUT2D eigenvalue weighted by atomic mass is 10.2. The van der Waals surface area contributed by atoms with Crippen molar-refractivity contribution in [3.05, 3.63) is 24.1 Å². The monoisotopic (exact) mass is 302 g/mol. The maximum Gasteiger partial charge on any atom is 0.330 e. The van der Waals surface area contributed by atoms with E-state index < -0.39 is 32.0 Å². The molecule has 0 rings (SSSR count). The summed E-state index contributed by atoms with van der Waals surface area (Å²) in [4.78, 5) is 10.1. The number of rotatable bonds is 6. The van der Waals surface area contributed by atoms with E-state index in [1.807, 2.05) is 0 Å². The molecular formula is C8H14O8S2. The number of carboxylic acid groups (broad SMARTS) is 1. The van der Waals surface area contributed by atoms with Crippen molar-refractivity contribution in [3.63, 3.8) is 0 Å². The summed E-state index contributed by atoms with van der Waals surface area (Å²) in [6.07, 6.45) is 0.138. The summed E-state index contributed by atoms with van der Waals surface area (Å²) in [5, 5.41) is 8.77. The Labute approximate surface area is 105 Å². The lowest BCUT2D eigenvalue weighted by Crippen LogP contribution is -2.06. The molecule has 18 heavy (non-hydrogen) atoms. The first-order chi connectivity index (χ1) is 7.89. The van der Waals surface area contributed by atoms with Crippen molar-refractivity contribution in [3.8, 4) is 0 Å². The van der Waals surface area contributed by atoms with Gasteiger partial charge in [0.1, 0.15) is 0 Å². The molecule has 0 bridgehead atoms. The van der Waals surface area contributed by atoms with E-state index in [1.165, 1.54) is 0 Å². The van der Waals surface area contributed by atoms with E-state index in [1.54, 1.807) is 0 Å². The van der Waals surface area contributed by atoms with Crippen molar-refractivity contribution >= 4 is 26.2 Å². The molecule has 0 unspecified atom stereocenters. The SMILES string of the molecule is C=C(CCCS(=O)(=O)O)C(=O)O.C=CS(=O)(=O)O. The Bertz CT molecular complexity index is 488. The van der Waals surface area contributed by atoms with E-state index in [9.17, 15) is 21.6 Å². The molecule has 0 heterocycles. The van der Waals surface area contributed by atoms with Crippen molar-refractivity contribution in [2.45, 2.75) is 12.8 Å². The lowest BCUT2D eigenvalue weighted by Gasteiger charge is -1.97. The van der Waals surface area contributed by atoms with Gasteiger partial charge in [-0.2, -0.15) is 16.8 Å². The molecule has 0 aromatic heterocycles. The zero-order valence-electron chi connectivity index (χ0n) is 9.31. The zero-order chi connectivity index (χ0) is 15.0. The highest BCUT2D eigenvalue weighted by atomic mass is 32.2. The normalized spacial score (nSPS) is 11.0. The Balaban J connectivity index is 0.